The largest absolute Gasteiger partial charge is 0.453 e. The number of aryl methyl sites for hydroxylation is 3. The van der Waals surface area contributed by atoms with Gasteiger partial charge in [0.1, 0.15) is 5.58 Å². The van der Waals surface area contributed by atoms with Gasteiger partial charge in [0.05, 0.1) is 0 Å². The first kappa shape index (κ1) is 9.00. The van der Waals surface area contributed by atoms with Crippen LogP contribution in [0.5, 0.6) is 0 Å². The molecule has 0 atom stereocenters. The zero-order valence-electron chi connectivity index (χ0n) is 8.55. The molecule has 2 heteroatoms. The predicted octanol–water partition coefficient (Wildman–Crippen LogP) is 3.17. The summed E-state index contributed by atoms with van der Waals surface area (Å²) in [6.07, 6.45) is 0.744. The molecule has 0 radical (unpaired) electrons. The van der Waals surface area contributed by atoms with Crippen LogP contribution >= 0.6 is 0 Å². The van der Waals surface area contributed by atoms with Crippen molar-refractivity contribution in [3.05, 3.63) is 34.6 Å². The maximum atomic E-state index is 10.6. The lowest BCUT2D eigenvalue weighted by molar-refractivity contribution is 0.110. The Morgan fingerprint density at radius 2 is 1.86 bits per heavy atom. The SMILES string of the molecule is Cc1cc(C)c2cc(C=O)oc2c1C. The zero-order valence-corrected chi connectivity index (χ0v) is 8.55. The van der Waals surface area contributed by atoms with E-state index in [0.29, 0.717) is 5.76 Å². The minimum Gasteiger partial charge on any atom is -0.453 e. The Kier molecular flexibility index (Phi) is 1.92. The van der Waals surface area contributed by atoms with Crippen molar-refractivity contribution in [3.63, 3.8) is 0 Å². The molecule has 0 N–H and O–H groups in total. The molecule has 2 aromatic rings. The number of hydrogen-bond acceptors (Lipinski definition) is 2. The van der Waals surface area contributed by atoms with E-state index in [0.717, 1.165) is 28.4 Å². The molecule has 0 aliphatic rings. The topological polar surface area (TPSA) is 30.2 Å². The van der Waals surface area contributed by atoms with Crippen LogP contribution < -0.4 is 0 Å². The summed E-state index contributed by atoms with van der Waals surface area (Å²) in [5.74, 6) is 0.400. The molecule has 0 saturated heterocycles. The molecular weight excluding hydrogens is 176 g/mol. The Morgan fingerprint density at radius 3 is 2.50 bits per heavy atom. The lowest BCUT2D eigenvalue weighted by Crippen LogP contribution is -1.83. The first-order valence-electron chi connectivity index (χ1n) is 4.59. The first-order chi connectivity index (χ1) is 6.63. The number of fused-ring (bicyclic) bond motifs is 1. The molecule has 0 fully saturated rings. The average Bonchev–Trinajstić information content (AvgIpc) is 2.58. The van der Waals surface area contributed by atoms with Crippen molar-refractivity contribution in [2.45, 2.75) is 20.8 Å². The van der Waals surface area contributed by atoms with Crippen molar-refractivity contribution in [1.29, 1.82) is 0 Å². The number of aldehydes is 1. The van der Waals surface area contributed by atoms with Gasteiger partial charge in [-0.25, -0.2) is 0 Å². The molecule has 2 nitrogen and oxygen atoms in total. The molecular formula is C12H12O2. The van der Waals surface area contributed by atoms with Crippen LogP contribution in [0.3, 0.4) is 0 Å². The summed E-state index contributed by atoms with van der Waals surface area (Å²) in [5, 5.41) is 1.04. The number of furan rings is 1. The average molecular weight is 188 g/mol. The van der Waals surface area contributed by atoms with Crippen molar-refractivity contribution >= 4 is 17.3 Å². The Bertz CT molecular complexity index is 507. The van der Waals surface area contributed by atoms with Crippen LogP contribution in [0.4, 0.5) is 0 Å². The Hall–Kier alpha value is -1.57. The van der Waals surface area contributed by atoms with Crippen molar-refractivity contribution < 1.29 is 9.21 Å². The third kappa shape index (κ3) is 1.15. The van der Waals surface area contributed by atoms with E-state index < -0.39 is 0 Å². The summed E-state index contributed by atoms with van der Waals surface area (Å²) >= 11 is 0. The Morgan fingerprint density at radius 1 is 1.14 bits per heavy atom. The van der Waals surface area contributed by atoms with E-state index in [2.05, 4.69) is 6.07 Å². The van der Waals surface area contributed by atoms with Crippen LogP contribution in [0.1, 0.15) is 27.2 Å². The van der Waals surface area contributed by atoms with Gasteiger partial charge in [0.25, 0.3) is 0 Å². The Labute approximate surface area is 82.5 Å². The van der Waals surface area contributed by atoms with Gasteiger partial charge in [-0.15, -0.1) is 0 Å². The van der Waals surface area contributed by atoms with Gasteiger partial charge in [-0.05, 0) is 43.5 Å². The van der Waals surface area contributed by atoms with Crippen molar-refractivity contribution in [2.24, 2.45) is 0 Å². The minimum absolute atomic E-state index is 0.400. The highest BCUT2D eigenvalue weighted by molar-refractivity contribution is 5.89. The van der Waals surface area contributed by atoms with Crippen molar-refractivity contribution in [2.75, 3.05) is 0 Å². The summed E-state index contributed by atoms with van der Waals surface area (Å²) in [7, 11) is 0. The standard InChI is InChI=1S/C12H12O2/c1-7-4-8(2)11-5-10(6-13)14-12(11)9(7)3/h4-6H,1-3H3. The third-order valence-electron chi connectivity index (χ3n) is 2.66. The first-order valence-corrected chi connectivity index (χ1v) is 4.59. The summed E-state index contributed by atoms with van der Waals surface area (Å²) < 4.78 is 5.44. The van der Waals surface area contributed by atoms with E-state index >= 15 is 0 Å². The van der Waals surface area contributed by atoms with Crippen LogP contribution in [0.15, 0.2) is 16.5 Å². The number of carbonyl (C=O) groups excluding carboxylic acids is 1. The molecule has 72 valence electrons. The molecule has 0 aliphatic heterocycles. The minimum atomic E-state index is 0.400. The van der Waals surface area contributed by atoms with Gasteiger partial charge < -0.3 is 4.42 Å². The van der Waals surface area contributed by atoms with E-state index in [1.165, 1.54) is 5.56 Å². The highest BCUT2D eigenvalue weighted by Crippen LogP contribution is 2.27. The third-order valence-corrected chi connectivity index (χ3v) is 2.66. The number of rotatable bonds is 1. The van der Waals surface area contributed by atoms with E-state index in [-0.39, 0.29) is 0 Å². The molecule has 2 rings (SSSR count). The summed E-state index contributed by atoms with van der Waals surface area (Å²) in [4.78, 5) is 10.6. The second-order valence-corrected chi connectivity index (χ2v) is 3.64. The van der Waals surface area contributed by atoms with Gasteiger partial charge in [0.15, 0.2) is 12.0 Å². The zero-order chi connectivity index (χ0) is 10.3. The summed E-state index contributed by atoms with van der Waals surface area (Å²) in [6.45, 7) is 6.08. The quantitative estimate of drug-likeness (QED) is 0.643. The monoisotopic (exact) mass is 188 g/mol. The van der Waals surface area contributed by atoms with Crippen molar-refractivity contribution in [1.82, 2.24) is 0 Å². The molecule has 1 aromatic carbocycles. The van der Waals surface area contributed by atoms with Crippen LogP contribution in [-0.4, -0.2) is 6.29 Å². The highest BCUT2D eigenvalue weighted by Gasteiger charge is 2.09. The molecule has 0 spiro atoms. The number of benzene rings is 1. The van der Waals surface area contributed by atoms with Gasteiger partial charge in [-0.3, -0.25) is 4.79 Å². The van der Waals surface area contributed by atoms with E-state index in [4.69, 9.17) is 4.42 Å². The fraction of sp³-hybridized carbons (Fsp3) is 0.250. The molecule has 0 saturated carbocycles. The van der Waals surface area contributed by atoms with Crippen LogP contribution in [0.25, 0.3) is 11.0 Å². The van der Waals surface area contributed by atoms with Gasteiger partial charge in [0.2, 0.25) is 0 Å². The fourth-order valence-electron chi connectivity index (χ4n) is 1.73. The maximum absolute atomic E-state index is 10.6. The molecule has 14 heavy (non-hydrogen) atoms. The van der Waals surface area contributed by atoms with Crippen LogP contribution in [0.2, 0.25) is 0 Å². The lowest BCUT2D eigenvalue weighted by Gasteiger charge is -2.02. The molecule has 0 amide bonds. The second-order valence-electron chi connectivity index (χ2n) is 3.64. The van der Waals surface area contributed by atoms with Gasteiger partial charge in [-0.1, -0.05) is 6.07 Å². The fourth-order valence-corrected chi connectivity index (χ4v) is 1.73. The van der Waals surface area contributed by atoms with Gasteiger partial charge >= 0.3 is 0 Å². The highest BCUT2D eigenvalue weighted by atomic mass is 16.3. The molecule has 0 unspecified atom stereocenters. The second kappa shape index (κ2) is 2.98. The number of carbonyl (C=O) groups is 1. The molecule has 0 aliphatic carbocycles. The Balaban J connectivity index is 2.90. The van der Waals surface area contributed by atoms with Gasteiger partial charge in [-0.2, -0.15) is 0 Å². The van der Waals surface area contributed by atoms with E-state index in [1.807, 2.05) is 20.8 Å². The lowest BCUT2D eigenvalue weighted by atomic mass is 10.0. The number of hydrogen-bond donors (Lipinski definition) is 0. The van der Waals surface area contributed by atoms with E-state index in [9.17, 15) is 4.79 Å². The van der Waals surface area contributed by atoms with Crippen LogP contribution in [0, 0.1) is 20.8 Å². The molecule has 1 aromatic heterocycles. The molecule has 1 heterocycles. The van der Waals surface area contributed by atoms with E-state index in [1.54, 1.807) is 6.07 Å². The summed E-state index contributed by atoms with van der Waals surface area (Å²) in [5.41, 5.74) is 4.30. The van der Waals surface area contributed by atoms with Gasteiger partial charge in [0, 0.05) is 5.39 Å². The molecule has 0 bridgehead atoms. The smallest absolute Gasteiger partial charge is 0.185 e. The van der Waals surface area contributed by atoms with Crippen LogP contribution in [-0.2, 0) is 0 Å². The van der Waals surface area contributed by atoms with Crippen molar-refractivity contribution in [3.8, 4) is 0 Å². The maximum Gasteiger partial charge on any atom is 0.185 e. The normalized spacial score (nSPS) is 10.8. The summed E-state index contributed by atoms with van der Waals surface area (Å²) in [6, 6.07) is 3.91. The predicted molar refractivity (Wildman–Crippen MR) is 55.8 cm³/mol.